The van der Waals surface area contributed by atoms with Crippen LogP contribution in [0.2, 0.25) is 0 Å². The van der Waals surface area contributed by atoms with Crippen LogP contribution >= 0.6 is 7.92 Å². The largest absolute Gasteiger partial charge is 0.267 e. The highest BCUT2D eigenvalue weighted by Crippen LogP contribution is 2.48. The molecular formula is C20H25O3PS. The van der Waals surface area contributed by atoms with Gasteiger partial charge < -0.3 is 0 Å². The highest BCUT2D eigenvalue weighted by Gasteiger charge is 2.38. The minimum Gasteiger partial charge on any atom is -0.267 e. The average Bonchev–Trinajstić information content (AvgIpc) is 3.03. The van der Waals surface area contributed by atoms with E-state index in [9.17, 15) is 8.42 Å². The highest BCUT2D eigenvalue weighted by atomic mass is 32.2. The Balaban J connectivity index is 1.93. The molecule has 3 nitrogen and oxygen atoms in total. The van der Waals surface area contributed by atoms with Crippen molar-refractivity contribution in [3.8, 4) is 0 Å². The summed E-state index contributed by atoms with van der Waals surface area (Å²) in [6.07, 6.45) is 3.85. The van der Waals surface area contributed by atoms with Crippen LogP contribution in [0.5, 0.6) is 0 Å². The molecule has 134 valence electrons. The predicted molar refractivity (Wildman–Crippen MR) is 106 cm³/mol. The van der Waals surface area contributed by atoms with Crippen LogP contribution < -0.4 is 10.6 Å². The molecule has 1 saturated carbocycles. The van der Waals surface area contributed by atoms with Crippen LogP contribution in [0.15, 0.2) is 60.7 Å². The molecule has 3 rings (SSSR count). The number of hydrogen-bond acceptors (Lipinski definition) is 3. The van der Waals surface area contributed by atoms with Crippen molar-refractivity contribution in [1.82, 2.24) is 0 Å². The van der Waals surface area contributed by atoms with Crippen LogP contribution in [0.3, 0.4) is 0 Å². The number of rotatable bonds is 6. The maximum absolute atomic E-state index is 11.6. The van der Waals surface area contributed by atoms with Gasteiger partial charge in [0.25, 0.3) is 10.1 Å². The van der Waals surface area contributed by atoms with Gasteiger partial charge in [-0.2, -0.15) is 8.42 Å². The lowest BCUT2D eigenvalue weighted by Gasteiger charge is -2.33. The third kappa shape index (κ3) is 4.69. The van der Waals surface area contributed by atoms with E-state index in [0.717, 1.165) is 25.5 Å². The molecule has 2 aromatic carbocycles. The summed E-state index contributed by atoms with van der Waals surface area (Å²) in [6, 6.07) is 21.2. The van der Waals surface area contributed by atoms with Gasteiger partial charge in [-0.3, -0.25) is 4.18 Å². The lowest BCUT2D eigenvalue weighted by Crippen LogP contribution is -2.32. The summed E-state index contributed by atoms with van der Waals surface area (Å²) in [6.45, 7) is 2.26. The van der Waals surface area contributed by atoms with E-state index in [-0.39, 0.29) is 12.0 Å². The Morgan fingerprint density at radius 2 is 1.48 bits per heavy atom. The fraction of sp³-hybridized carbons (Fsp3) is 0.400. The molecule has 0 spiro atoms. The van der Waals surface area contributed by atoms with E-state index >= 15 is 0 Å². The van der Waals surface area contributed by atoms with Crippen molar-refractivity contribution in [2.24, 2.45) is 5.92 Å². The van der Waals surface area contributed by atoms with Crippen molar-refractivity contribution in [2.45, 2.75) is 37.9 Å². The zero-order valence-corrected chi connectivity index (χ0v) is 16.4. The molecule has 0 heterocycles. The fourth-order valence-electron chi connectivity index (χ4n) is 3.84. The summed E-state index contributed by atoms with van der Waals surface area (Å²) in [5, 5.41) is 2.67. The average molecular weight is 376 g/mol. The molecule has 0 amide bonds. The van der Waals surface area contributed by atoms with Gasteiger partial charge in [0.05, 0.1) is 12.4 Å². The summed E-state index contributed by atoms with van der Waals surface area (Å²) in [7, 11) is -3.99. The summed E-state index contributed by atoms with van der Waals surface area (Å²) in [5.41, 5.74) is 0.356. The smallest absolute Gasteiger partial charge is 0.264 e. The van der Waals surface area contributed by atoms with Crippen LogP contribution in [0.25, 0.3) is 0 Å². The second kappa shape index (κ2) is 7.99. The summed E-state index contributed by atoms with van der Waals surface area (Å²) in [5.74, 6) is 0.265. The van der Waals surface area contributed by atoms with Crippen LogP contribution in [0.4, 0.5) is 0 Å². The fourth-order valence-corrected chi connectivity index (χ4v) is 7.48. The number of benzene rings is 2. The molecule has 0 aliphatic heterocycles. The Kier molecular flexibility index (Phi) is 5.93. The molecule has 3 atom stereocenters. The zero-order chi connectivity index (χ0) is 17.9. The molecule has 0 unspecified atom stereocenters. The van der Waals surface area contributed by atoms with Crippen LogP contribution in [-0.2, 0) is 14.3 Å². The van der Waals surface area contributed by atoms with Crippen LogP contribution in [0.1, 0.15) is 26.2 Å². The molecule has 0 radical (unpaired) electrons. The monoisotopic (exact) mass is 376 g/mol. The van der Waals surface area contributed by atoms with Gasteiger partial charge in [-0.25, -0.2) is 0 Å². The molecule has 0 aromatic heterocycles. The zero-order valence-electron chi connectivity index (χ0n) is 14.7. The van der Waals surface area contributed by atoms with Crippen molar-refractivity contribution in [3.05, 3.63) is 60.7 Å². The van der Waals surface area contributed by atoms with E-state index in [1.165, 1.54) is 10.6 Å². The third-order valence-corrected chi connectivity index (χ3v) is 8.40. The van der Waals surface area contributed by atoms with Gasteiger partial charge in [-0.05, 0) is 42.9 Å². The first-order valence-electron chi connectivity index (χ1n) is 8.73. The first kappa shape index (κ1) is 18.6. The van der Waals surface area contributed by atoms with Crippen molar-refractivity contribution in [3.63, 3.8) is 0 Å². The van der Waals surface area contributed by atoms with E-state index in [2.05, 4.69) is 55.5 Å². The molecule has 0 bridgehead atoms. The predicted octanol–water partition coefficient (Wildman–Crippen LogP) is 3.65. The van der Waals surface area contributed by atoms with Gasteiger partial charge in [0.2, 0.25) is 0 Å². The molecule has 1 fully saturated rings. The molecule has 0 saturated heterocycles. The standard InChI is InChI=1S/C20H25O3PS/c1-16(19-14-9-15-20(19)23-25(2,21)22)24(17-10-5-3-6-11-17)18-12-7-4-8-13-18/h3-8,10-13,16,19-20H,9,14-15H2,1-2H3/t16-,19-,20-/m0/s1. The maximum Gasteiger partial charge on any atom is 0.264 e. The molecule has 5 heteroatoms. The maximum atomic E-state index is 11.6. The molecule has 1 aliphatic carbocycles. The van der Waals surface area contributed by atoms with E-state index in [0.29, 0.717) is 5.66 Å². The molecule has 25 heavy (non-hydrogen) atoms. The van der Waals surface area contributed by atoms with Gasteiger partial charge in [-0.1, -0.05) is 74.0 Å². The molecular weight excluding hydrogens is 351 g/mol. The van der Waals surface area contributed by atoms with E-state index < -0.39 is 18.0 Å². The minimum absolute atomic E-state index is 0.192. The Labute approximate surface area is 152 Å². The molecule has 1 aliphatic rings. The summed E-state index contributed by atoms with van der Waals surface area (Å²) in [4.78, 5) is 0. The van der Waals surface area contributed by atoms with Gasteiger partial charge in [0.15, 0.2) is 0 Å². The Hall–Kier alpha value is -1.22. The van der Waals surface area contributed by atoms with E-state index in [1.807, 2.05) is 12.1 Å². The van der Waals surface area contributed by atoms with Crippen molar-refractivity contribution >= 4 is 28.6 Å². The van der Waals surface area contributed by atoms with Gasteiger partial charge in [-0.15, -0.1) is 0 Å². The van der Waals surface area contributed by atoms with Crippen LogP contribution in [-0.4, -0.2) is 26.4 Å². The Morgan fingerprint density at radius 1 is 0.960 bits per heavy atom. The topological polar surface area (TPSA) is 43.4 Å². The lowest BCUT2D eigenvalue weighted by atomic mass is 10.0. The second-order valence-electron chi connectivity index (χ2n) is 6.72. The minimum atomic E-state index is -3.42. The van der Waals surface area contributed by atoms with Crippen molar-refractivity contribution in [1.29, 1.82) is 0 Å². The lowest BCUT2D eigenvalue weighted by molar-refractivity contribution is 0.167. The van der Waals surface area contributed by atoms with Gasteiger partial charge in [0.1, 0.15) is 0 Å². The first-order chi connectivity index (χ1) is 12.0. The van der Waals surface area contributed by atoms with Crippen LogP contribution in [0, 0.1) is 5.92 Å². The SMILES string of the molecule is C[C@@H]([C@@H]1CCC[C@@H]1OS(C)(=O)=O)P(c1ccccc1)c1ccccc1. The van der Waals surface area contributed by atoms with Crippen molar-refractivity contribution in [2.75, 3.05) is 6.26 Å². The molecule has 0 N–H and O–H groups in total. The Morgan fingerprint density at radius 3 is 1.96 bits per heavy atom. The van der Waals surface area contributed by atoms with E-state index in [4.69, 9.17) is 4.18 Å². The van der Waals surface area contributed by atoms with Gasteiger partial charge >= 0.3 is 0 Å². The third-order valence-electron chi connectivity index (χ3n) is 4.90. The Bertz CT molecular complexity index is 738. The normalized spacial score (nSPS) is 22.2. The summed E-state index contributed by atoms with van der Waals surface area (Å²) >= 11 is 0. The van der Waals surface area contributed by atoms with E-state index in [1.54, 1.807) is 0 Å². The molecule has 2 aromatic rings. The van der Waals surface area contributed by atoms with Gasteiger partial charge in [0, 0.05) is 0 Å². The first-order valence-corrected chi connectivity index (χ1v) is 12.0. The number of hydrogen-bond donors (Lipinski definition) is 0. The highest BCUT2D eigenvalue weighted by molar-refractivity contribution is 7.86. The quantitative estimate of drug-likeness (QED) is 0.571. The summed E-state index contributed by atoms with van der Waals surface area (Å²) < 4.78 is 28.7. The second-order valence-corrected chi connectivity index (χ2v) is 10.9. The van der Waals surface area contributed by atoms with Crippen molar-refractivity contribution < 1.29 is 12.6 Å².